The highest BCUT2D eigenvalue weighted by molar-refractivity contribution is 5.93. The van der Waals surface area contributed by atoms with Crippen molar-refractivity contribution in [3.8, 4) is 11.5 Å². The number of nitrogens with one attached hydrogen (secondary N) is 1. The first-order valence-corrected chi connectivity index (χ1v) is 7.87. The van der Waals surface area contributed by atoms with Gasteiger partial charge in [0.25, 0.3) is 5.89 Å². The van der Waals surface area contributed by atoms with Gasteiger partial charge in [0.2, 0.25) is 5.91 Å². The molecule has 2 aromatic carbocycles. The average molecular weight is 375 g/mol. The van der Waals surface area contributed by atoms with E-state index in [0.29, 0.717) is 17.5 Å². The minimum Gasteiger partial charge on any atom is -0.495 e. The van der Waals surface area contributed by atoms with Gasteiger partial charge in [0.1, 0.15) is 11.6 Å². The van der Waals surface area contributed by atoms with E-state index in [-0.39, 0.29) is 36.4 Å². The third-order valence-electron chi connectivity index (χ3n) is 3.45. The second-order valence-corrected chi connectivity index (χ2v) is 5.39. The number of methoxy groups -OCH3 is 1. The van der Waals surface area contributed by atoms with Gasteiger partial charge in [0.05, 0.1) is 19.2 Å². The lowest BCUT2D eigenvalue weighted by molar-refractivity contribution is -0.115. The van der Waals surface area contributed by atoms with Crippen LogP contribution in [0.1, 0.15) is 11.7 Å². The van der Waals surface area contributed by atoms with E-state index in [2.05, 4.69) is 15.5 Å². The summed E-state index contributed by atoms with van der Waals surface area (Å²) in [4.78, 5) is 16.1. The number of nitrogens with zero attached hydrogens (tertiary/aromatic N) is 2. The predicted octanol–water partition coefficient (Wildman–Crippen LogP) is 3.12. The normalized spacial score (nSPS) is 10.5. The summed E-state index contributed by atoms with van der Waals surface area (Å²) in [5.74, 6) is -1.34. The number of anilines is 1. The molecule has 1 aromatic heterocycles. The quantitative estimate of drug-likeness (QED) is 0.683. The van der Waals surface area contributed by atoms with Gasteiger partial charge in [-0.1, -0.05) is 17.3 Å². The van der Waals surface area contributed by atoms with Crippen LogP contribution in [0.4, 0.5) is 14.5 Å². The molecule has 7 nitrogen and oxygen atoms in total. The van der Waals surface area contributed by atoms with Crippen molar-refractivity contribution in [2.24, 2.45) is 0 Å². The summed E-state index contributed by atoms with van der Waals surface area (Å²) in [6.45, 7) is -0.219. The van der Waals surface area contributed by atoms with E-state index in [0.717, 1.165) is 12.1 Å². The smallest absolute Gasteiger partial charge is 0.264 e. The minimum atomic E-state index is -0.842. The molecule has 3 rings (SSSR count). The first-order valence-electron chi connectivity index (χ1n) is 7.87. The molecule has 1 heterocycles. The Morgan fingerprint density at radius 3 is 2.78 bits per heavy atom. The van der Waals surface area contributed by atoms with E-state index < -0.39 is 11.6 Å². The van der Waals surface area contributed by atoms with E-state index >= 15 is 0 Å². The van der Waals surface area contributed by atoms with Crippen LogP contribution in [-0.4, -0.2) is 23.2 Å². The number of amides is 1. The second kappa shape index (κ2) is 8.26. The highest BCUT2D eigenvalue weighted by Gasteiger charge is 2.14. The number of hydrogen-bond donors (Lipinski definition) is 1. The zero-order valence-corrected chi connectivity index (χ0v) is 14.2. The molecule has 0 atom stereocenters. The van der Waals surface area contributed by atoms with Crippen molar-refractivity contribution in [1.82, 2.24) is 10.1 Å². The number of para-hydroxylation sites is 2. The van der Waals surface area contributed by atoms with Crippen LogP contribution < -0.4 is 14.8 Å². The maximum Gasteiger partial charge on any atom is 0.264 e. The zero-order valence-electron chi connectivity index (χ0n) is 14.2. The van der Waals surface area contributed by atoms with Crippen LogP contribution in [0.5, 0.6) is 11.5 Å². The number of carbonyl (C=O) groups excluding carboxylic acids is 1. The maximum absolute atomic E-state index is 13.5. The molecule has 0 aliphatic rings. The largest absolute Gasteiger partial charge is 0.495 e. The molecule has 1 amide bonds. The molecule has 9 heteroatoms. The third-order valence-corrected chi connectivity index (χ3v) is 3.45. The fraction of sp³-hybridized carbons (Fsp3) is 0.167. The van der Waals surface area contributed by atoms with Crippen molar-refractivity contribution in [3.63, 3.8) is 0 Å². The first kappa shape index (κ1) is 18.3. The summed E-state index contributed by atoms with van der Waals surface area (Å²) in [7, 11) is 1.50. The lowest BCUT2D eigenvalue weighted by Crippen LogP contribution is -2.15. The van der Waals surface area contributed by atoms with Crippen LogP contribution >= 0.6 is 0 Å². The number of ether oxygens (including phenoxy) is 2. The molecule has 0 saturated carbocycles. The van der Waals surface area contributed by atoms with Gasteiger partial charge in [0.15, 0.2) is 24.0 Å². The Bertz CT molecular complexity index is 946. The molecule has 0 fully saturated rings. The zero-order chi connectivity index (χ0) is 19.2. The van der Waals surface area contributed by atoms with Crippen LogP contribution in [0.15, 0.2) is 47.0 Å². The molecule has 0 radical (unpaired) electrons. The van der Waals surface area contributed by atoms with Gasteiger partial charge in [-0.15, -0.1) is 0 Å². The minimum absolute atomic E-state index is 0.0545. The van der Waals surface area contributed by atoms with Crippen LogP contribution in [0.2, 0.25) is 0 Å². The first-order chi connectivity index (χ1) is 13.0. The molecule has 0 aliphatic carbocycles. The lowest BCUT2D eigenvalue weighted by atomic mass is 10.2. The Kier molecular flexibility index (Phi) is 5.60. The summed E-state index contributed by atoms with van der Waals surface area (Å²) in [6.07, 6.45) is -0.132. The van der Waals surface area contributed by atoms with Gasteiger partial charge in [-0.05, 0) is 24.3 Å². The Balaban J connectivity index is 1.56. The molecular formula is C18H15F2N3O4. The fourth-order valence-corrected chi connectivity index (χ4v) is 2.24. The molecule has 0 bridgehead atoms. The molecule has 140 valence electrons. The molecule has 1 N–H and O–H groups in total. The van der Waals surface area contributed by atoms with Crippen molar-refractivity contribution < 1.29 is 27.6 Å². The third kappa shape index (κ3) is 4.78. The van der Waals surface area contributed by atoms with Gasteiger partial charge in [-0.25, -0.2) is 8.78 Å². The van der Waals surface area contributed by atoms with Crippen molar-refractivity contribution >= 4 is 11.6 Å². The average Bonchev–Trinajstić information content (AvgIpc) is 3.08. The second-order valence-electron chi connectivity index (χ2n) is 5.39. The topological polar surface area (TPSA) is 86.5 Å². The Morgan fingerprint density at radius 2 is 2.00 bits per heavy atom. The maximum atomic E-state index is 13.5. The van der Waals surface area contributed by atoms with Crippen LogP contribution in [0.25, 0.3) is 0 Å². The van der Waals surface area contributed by atoms with E-state index in [1.165, 1.54) is 7.11 Å². The Hall–Kier alpha value is -3.49. The summed E-state index contributed by atoms with van der Waals surface area (Å²) in [6, 6.07) is 9.89. The standard InChI is InChI=1S/C18H15F2N3O4/c1-25-15-5-3-2-4-13(15)21-17(24)9-16-22-18(27-23-16)10-26-14-7-6-11(19)8-12(14)20/h2-8H,9-10H2,1H3,(H,21,24). The highest BCUT2D eigenvalue weighted by atomic mass is 19.1. The van der Waals surface area contributed by atoms with Crippen molar-refractivity contribution in [2.75, 3.05) is 12.4 Å². The molecule has 0 unspecified atom stereocenters. The number of carbonyl (C=O) groups is 1. The van der Waals surface area contributed by atoms with Crippen molar-refractivity contribution in [2.45, 2.75) is 13.0 Å². The molecular weight excluding hydrogens is 360 g/mol. The van der Waals surface area contributed by atoms with E-state index in [4.69, 9.17) is 14.0 Å². The predicted molar refractivity (Wildman–Crippen MR) is 90.3 cm³/mol. The van der Waals surface area contributed by atoms with E-state index in [1.54, 1.807) is 24.3 Å². The molecule has 27 heavy (non-hydrogen) atoms. The fourth-order valence-electron chi connectivity index (χ4n) is 2.24. The van der Waals surface area contributed by atoms with Gasteiger partial charge in [0, 0.05) is 6.07 Å². The number of hydrogen-bond acceptors (Lipinski definition) is 6. The van der Waals surface area contributed by atoms with Crippen molar-refractivity contribution in [3.05, 3.63) is 65.8 Å². The van der Waals surface area contributed by atoms with E-state index in [1.807, 2.05) is 0 Å². The lowest BCUT2D eigenvalue weighted by Gasteiger charge is -2.08. The van der Waals surface area contributed by atoms with E-state index in [9.17, 15) is 13.6 Å². The van der Waals surface area contributed by atoms with Crippen LogP contribution in [0.3, 0.4) is 0 Å². The number of aromatic nitrogens is 2. The summed E-state index contributed by atoms with van der Waals surface area (Å²) < 4.78 is 41.6. The van der Waals surface area contributed by atoms with Gasteiger partial charge in [-0.3, -0.25) is 4.79 Å². The number of rotatable bonds is 7. The summed E-state index contributed by atoms with van der Waals surface area (Å²) in [5.41, 5.74) is 0.517. The monoisotopic (exact) mass is 375 g/mol. The number of benzene rings is 2. The molecule has 0 saturated heterocycles. The Labute approximate surface area is 152 Å². The molecule has 3 aromatic rings. The van der Waals surface area contributed by atoms with Crippen LogP contribution in [-0.2, 0) is 17.8 Å². The summed E-state index contributed by atoms with van der Waals surface area (Å²) in [5, 5.41) is 6.37. The highest BCUT2D eigenvalue weighted by Crippen LogP contribution is 2.23. The molecule has 0 aliphatic heterocycles. The van der Waals surface area contributed by atoms with Gasteiger partial charge in [-0.2, -0.15) is 4.98 Å². The van der Waals surface area contributed by atoms with Gasteiger partial charge >= 0.3 is 0 Å². The molecule has 0 spiro atoms. The van der Waals surface area contributed by atoms with Crippen LogP contribution in [0, 0.1) is 11.6 Å². The van der Waals surface area contributed by atoms with Gasteiger partial charge < -0.3 is 19.3 Å². The summed E-state index contributed by atoms with van der Waals surface area (Å²) >= 11 is 0. The number of halogens is 2. The van der Waals surface area contributed by atoms with Crippen molar-refractivity contribution in [1.29, 1.82) is 0 Å². The SMILES string of the molecule is COc1ccccc1NC(=O)Cc1noc(COc2ccc(F)cc2F)n1. The Morgan fingerprint density at radius 1 is 1.19 bits per heavy atom.